The van der Waals surface area contributed by atoms with E-state index in [9.17, 15) is 8.76 Å². The van der Waals surface area contributed by atoms with Gasteiger partial charge in [-0.05, 0) is 25.9 Å². The van der Waals surface area contributed by atoms with Crippen LogP contribution in [-0.4, -0.2) is 50.1 Å². The molecule has 7 nitrogen and oxygen atoms in total. The maximum absolute atomic E-state index is 10.3. The molecule has 1 rings (SSSR count). The van der Waals surface area contributed by atoms with Crippen molar-refractivity contribution in [2.45, 2.75) is 5.50 Å². The van der Waals surface area contributed by atoms with Gasteiger partial charge in [0.1, 0.15) is 5.50 Å². The molecule has 1 fully saturated rings. The average Bonchev–Trinajstić information content (AvgIpc) is 2.46. The molecule has 14 heavy (non-hydrogen) atoms. The number of nitrogens with zero attached hydrogens (tertiary/aromatic N) is 3. The van der Waals surface area contributed by atoms with Crippen molar-refractivity contribution in [3.63, 3.8) is 0 Å². The minimum atomic E-state index is -2.43. The molecule has 9 heteroatoms. The van der Waals surface area contributed by atoms with Crippen LogP contribution in [-0.2, 0) is 11.3 Å². The number of rotatable bonds is 3. The number of hydrogen-bond donors (Lipinski definition) is 2. The molecular weight excluding hydrogens is 226 g/mol. The summed E-state index contributed by atoms with van der Waals surface area (Å²) in [6.45, 7) is 0.278. The summed E-state index contributed by atoms with van der Waals surface area (Å²) < 4.78 is 24.0. The first kappa shape index (κ1) is 11.9. The van der Waals surface area contributed by atoms with E-state index in [1.165, 1.54) is 11.8 Å². The van der Waals surface area contributed by atoms with Gasteiger partial charge >= 0.3 is 0 Å². The zero-order valence-electron chi connectivity index (χ0n) is 7.84. The zero-order chi connectivity index (χ0) is 10.7. The largest absolute Gasteiger partial charge is 0.754 e. The molecule has 0 aromatic heterocycles. The van der Waals surface area contributed by atoms with Gasteiger partial charge in [0.25, 0.3) is 0 Å². The number of hydrogen-bond acceptors (Lipinski definition) is 6. The molecule has 1 aliphatic heterocycles. The summed E-state index contributed by atoms with van der Waals surface area (Å²) in [5.41, 5.74) is 8.22. The number of hydrazine groups is 1. The van der Waals surface area contributed by atoms with E-state index in [-0.39, 0.29) is 12.2 Å². The van der Waals surface area contributed by atoms with E-state index in [4.69, 9.17) is 5.73 Å². The molecule has 0 radical (unpaired) electrons. The van der Waals surface area contributed by atoms with Crippen LogP contribution >= 0.6 is 11.8 Å². The van der Waals surface area contributed by atoms with E-state index in [0.717, 1.165) is 0 Å². The Morgan fingerprint density at radius 2 is 2.50 bits per heavy atom. The maximum atomic E-state index is 10.3. The van der Waals surface area contributed by atoms with E-state index in [1.807, 2.05) is 19.0 Å². The fourth-order valence-corrected chi connectivity index (χ4v) is 2.37. The Balaban J connectivity index is 2.70. The monoisotopic (exact) mass is 238 g/mol. The SMILES string of the molecule is CN(C)C1SC(=NS(=O)[O-])NN1CN. The van der Waals surface area contributed by atoms with Crippen LogP contribution in [0.1, 0.15) is 0 Å². The van der Waals surface area contributed by atoms with E-state index in [2.05, 4.69) is 9.82 Å². The summed E-state index contributed by atoms with van der Waals surface area (Å²) in [7, 11) is 3.75. The van der Waals surface area contributed by atoms with Crippen LogP contribution in [0.4, 0.5) is 0 Å². The van der Waals surface area contributed by atoms with Crippen LogP contribution in [0.15, 0.2) is 4.40 Å². The molecule has 1 heterocycles. The molecule has 0 amide bonds. The van der Waals surface area contributed by atoms with Crippen LogP contribution in [0, 0.1) is 0 Å². The van der Waals surface area contributed by atoms with Crippen molar-refractivity contribution in [1.29, 1.82) is 0 Å². The highest BCUT2D eigenvalue weighted by Crippen LogP contribution is 2.23. The first-order valence-corrected chi connectivity index (χ1v) is 5.70. The number of amidine groups is 1. The first-order valence-electron chi connectivity index (χ1n) is 3.79. The van der Waals surface area contributed by atoms with Gasteiger partial charge in [0.05, 0.1) is 17.9 Å². The highest BCUT2D eigenvalue weighted by atomic mass is 32.2. The molecule has 0 aromatic rings. The van der Waals surface area contributed by atoms with Crippen molar-refractivity contribution >= 4 is 28.2 Å². The Kier molecular flexibility index (Phi) is 4.29. The molecule has 2 unspecified atom stereocenters. The van der Waals surface area contributed by atoms with Crippen LogP contribution in [0.3, 0.4) is 0 Å². The molecule has 0 saturated carbocycles. The summed E-state index contributed by atoms with van der Waals surface area (Å²) >= 11 is -1.13. The lowest BCUT2D eigenvalue weighted by Gasteiger charge is -2.25. The van der Waals surface area contributed by atoms with Gasteiger partial charge in [-0.3, -0.25) is 14.5 Å². The number of nitrogens with two attached hydrogens (primary N) is 1. The zero-order valence-corrected chi connectivity index (χ0v) is 9.47. The van der Waals surface area contributed by atoms with Gasteiger partial charge in [-0.15, -0.1) is 0 Å². The van der Waals surface area contributed by atoms with Crippen molar-refractivity contribution in [3.8, 4) is 0 Å². The summed E-state index contributed by atoms with van der Waals surface area (Å²) in [6.07, 6.45) is 0. The highest BCUT2D eigenvalue weighted by molar-refractivity contribution is 8.15. The molecule has 3 N–H and O–H groups in total. The van der Waals surface area contributed by atoms with E-state index >= 15 is 0 Å². The quantitative estimate of drug-likeness (QED) is 0.575. The van der Waals surface area contributed by atoms with Crippen molar-refractivity contribution < 1.29 is 8.76 Å². The normalized spacial score (nSPS) is 28.4. The predicted molar refractivity (Wildman–Crippen MR) is 55.4 cm³/mol. The maximum Gasteiger partial charge on any atom is 0.187 e. The highest BCUT2D eigenvalue weighted by Gasteiger charge is 2.30. The summed E-state index contributed by atoms with van der Waals surface area (Å²) in [4.78, 5) is 1.90. The molecule has 0 spiro atoms. The Morgan fingerprint density at radius 1 is 1.86 bits per heavy atom. The second-order valence-corrected chi connectivity index (χ2v) is 4.45. The smallest absolute Gasteiger partial charge is 0.187 e. The molecular formula is C5H12N5O2S2-. The second-order valence-electron chi connectivity index (χ2n) is 2.79. The summed E-state index contributed by atoms with van der Waals surface area (Å²) in [5.74, 6) is 0. The van der Waals surface area contributed by atoms with Gasteiger partial charge in [-0.1, -0.05) is 0 Å². The molecule has 82 valence electrons. The topological polar surface area (TPSA) is 97.0 Å². The summed E-state index contributed by atoms with van der Waals surface area (Å²) in [5, 5.41) is 2.03. The minimum Gasteiger partial charge on any atom is -0.754 e. The van der Waals surface area contributed by atoms with Crippen molar-refractivity contribution in [2.24, 2.45) is 10.1 Å². The predicted octanol–water partition coefficient (Wildman–Crippen LogP) is -1.55. The second kappa shape index (κ2) is 5.05. The van der Waals surface area contributed by atoms with Crippen molar-refractivity contribution in [3.05, 3.63) is 0 Å². The van der Waals surface area contributed by atoms with Crippen molar-refractivity contribution in [2.75, 3.05) is 20.8 Å². The standard InChI is InChI=1S/C5H13N5O2S2/c1-9(2)5-10(3-6)7-4(13-5)8-14(11)12/h5H,3,6H2,1-2H3,(H,7,8)(H,11,12)/p-1. The average molecular weight is 238 g/mol. The Labute approximate surface area is 89.1 Å². The van der Waals surface area contributed by atoms with E-state index in [1.54, 1.807) is 5.01 Å². The fourth-order valence-electron chi connectivity index (χ4n) is 0.998. The lowest BCUT2D eigenvalue weighted by molar-refractivity contribution is 0.134. The minimum absolute atomic E-state index is 0.0395. The van der Waals surface area contributed by atoms with Crippen LogP contribution in [0.5, 0.6) is 0 Å². The molecule has 0 bridgehead atoms. The molecule has 2 atom stereocenters. The van der Waals surface area contributed by atoms with Gasteiger partial charge in [-0.25, -0.2) is 0 Å². The first-order chi connectivity index (χ1) is 6.54. The van der Waals surface area contributed by atoms with Crippen molar-refractivity contribution in [1.82, 2.24) is 15.3 Å². The Morgan fingerprint density at radius 3 is 2.86 bits per heavy atom. The van der Waals surface area contributed by atoms with Crippen LogP contribution in [0.25, 0.3) is 0 Å². The lowest BCUT2D eigenvalue weighted by atomic mass is 10.8. The van der Waals surface area contributed by atoms with Crippen LogP contribution in [0.2, 0.25) is 0 Å². The van der Waals surface area contributed by atoms with Crippen LogP contribution < -0.4 is 11.2 Å². The van der Waals surface area contributed by atoms with Gasteiger partial charge in [0, 0.05) is 0 Å². The van der Waals surface area contributed by atoms with Gasteiger partial charge in [0.15, 0.2) is 5.17 Å². The molecule has 1 aliphatic rings. The molecule has 0 aromatic carbocycles. The fraction of sp³-hybridized carbons (Fsp3) is 0.800. The van der Waals surface area contributed by atoms with E-state index in [0.29, 0.717) is 5.17 Å². The third-order valence-electron chi connectivity index (χ3n) is 1.52. The Hall–Kier alpha value is -0.190. The Bertz CT molecular complexity index is 259. The third kappa shape index (κ3) is 2.90. The third-order valence-corrected chi connectivity index (χ3v) is 3.26. The van der Waals surface area contributed by atoms with E-state index < -0.39 is 11.3 Å². The van der Waals surface area contributed by atoms with Gasteiger partial charge < -0.3 is 10.3 Å². The van der Waals surface area contributed by atoms with Gasteiger partial charge in [0.2, 0.25) is 0 Å². The number of thioether (sulfide) groups is 1. The summed E-state index contributed by atoms with van der Waals surface area (Å²) in [6, 6.07) is 0. The molecule has 1 saturated heterocycles. The molecule has 0 aliphatic carbocycles. The lowest BCUT2D eigenvalue weighted by Crippen LogP contribution is -2.47. The number of nitrogens with one attached hydrogen (secondary N) is 1. The van der Waals surface area contributed by atoms with Gasteiger partial charge in [-0.2, -0.15) is 9.41 Å².